The molecule has 0 fully saturated rings. The maximum absolute atomic E-state index is 12.8. The summed E-state index contributed by atoms with van der Waals surface area (Å²) in [6.45, 7) is 4.59. The first-order valence-corrected chi connectivity index (χ1v) is 34.1. The summed E-state index contributed by atoms with van der Waals surface area (Å²) >= 11 is 0. The zero-order valence-electron chi connectivity index (χ0n) is 53.7. The number of ether oxygens (including phenoxy) is 4. The average molecular weight is 1140 g/mol. The summed E-state index contributed by atoms with van der Waals surface area (Å²) in [4.78, 5) is 37.3. The Morgan fingerprint density at radius 1 is 0.383 bits per heavy atom. The number of hydrogen-bond donors (Lipinski definition) is 0. The van der Waals surface area contributed by atoms with Gasteiger partial charge < -0.3 is 33.3 Å². The molecular formula is C72H129NO8. The maximum Gasteiger partial charge on any atom is 0.306 e. The van der Waals surface area contributed by atoms with E-state index >= 15 is 0 Å². The molecule has 0 aliphatic heterocycles. The van der Waals surface area contributed by atoms with Gasteiger partial charge in [0.25, 0.3) is 0 Å². The van der Waals surface area contributed by atoms with Gasteiger partial charge in [-0.2, -0.15) is 0 Å². The van der Waals surface area contributed by atoms with Gasteiger partial charge in [-0.25, -0.2) is 0 Å². The zero-order valence-corrected chi connectivity index (χ0v) is 53.7. The van der Waals surface area contributed by atoms with Crippen LogP contribution in [-0.4, -0.2) is 82.3 Å². The van der Waals surface area contributed by atoms with Crippen molar-refractivity contribution >= 4 is 17.9 Å². The summed E-state index contributed by atoms with van der Waals surface area (Å²) in [5, 5.41) is 11.8. The van der Waals surface area contributed by atoms with Crippen LogP contribution in [0, 0.1) is 0 Å². The Hall–Kier alpha value is -3.27. The minimum absolute atomic E-state index is 0.138. The third-order valence-electron chi connectivity index (χ3n) is 14.9. The summed E-state index contributed by atoms with van der Waals surface area (Å²) in [5.74, 6) is -2.33. The molecular weight excluding hydrogens is 1010 g/mol. The van der Waals surface area contributed by atoms with Gasteiger partial charge in [0, 0.05) is 12.8 Å². The largest absolute Gasteiger partial charge is 0.545 e. The van der Waals surface area contributed by atoms with E-state index in [0.717, 1.165) is 64.2 Å². The molecule has 470 valence electrons. The van der Waals surface area contributed by atoms with Crippen LogP contribution in [0.3, 0.4) is 0 Å². The van der Waals surface area contributed by atoms with E-state index in [-0.39, 0.29) is 38.6 Å². The van der Waals surface area contributed by atoms with Gasteiger partial charge in [-0.05, 0) is 83.5 Å². The summed E-state index contributed by atoms with van der Waals surface area (Å²) < 4.78 is 22.7. The van der Waals surface area contributed by atoms with E-state index in [1.165, 1.54) is 212 Å². The SMILES string of the molecule is CC/C=C\C/C=C\C/C=C\C/C=C\CCCCC(=O)OC(COC(=O)CCCCCCCCCCCCCCCCCCCCCCCCCCCCCCC/C=C\C/C=C\CCCCCCC)COC(OCC[N+](C)(C)C)C(=O)[O-]. The lowest BCUT2D eigenvalue weighted by atomic mass is 10.0. The van der Waals surface area contributed by atoms with Gasteiger partial charge >= 0.3 is 11.9 Å². The van der Waals surface area contributed by atoms with Crippen molar-refractivity contribution in [2.75, 3.05) is 47.5 Å². The highest BCUT2D eigenvalue weighted by Crippen LogP contribution is 2.18. The number of quaternary nitrogens is 1. The highest BCUT2D eigenvalue weighted by molar-refractivity contribution is 5.70. The molecule has 9 heteroatoms. The standard InChI is InChI=1S/C72H129NO8/c1-6-8-10-12-14-16-18-20-22-23-24-25-26-27-28-29-30-31-32-33-34-35-36-37-38-39-40-41-42-43-44-45-46-47-49-50-52-54-56-58-60-62-69(74)79-66-68(67-80-72(71(76)77)78-65-64-73(3,4)5)81-70(75)63-61-59-57-55-53-51-48-21-19-17-15-13-11-9-7-2/h9,11,15,17-18,20-21,23-24,48,53,55,68,72H,6-8,10,12-14,16,19,22,25-47,49-52,54,56-67H2,1-5H3/b11-9-,17-15-,20-18-,24-23-,48-21-,55-53-. The summed E-state index contributed by atoms with van der Waals surface area (Å²) in [6, 6.07) is 0. The number of likely N-dealkylation sites (N-methyl/N-ethyl adjacent to an activating group) is 1. The molecule has 2 atom stereocenters. The second-order valence-corrected chi connectivity index (χ2v) is 24.1. The second kappa shape index (κ2) is 62.8. The predicted molar refractivity (Wildman–Crippen MR) is 343 cm³/mol. The number of allylic oxidation sites excluding steroid dienone is 12. The maximum atomic E-state index is 12.8. The van der Waals surface area contributed by atoms with Crippen molar-refractivity contribution < 1.29 is 42.9 Å². The van der Waals surface area contributed by atoms with E-state index in [9.17, 15) is 19.5 Å². The molecule has 0 aromatic heterocycles. The lowest BCUT2D eigenvalue weighted by Gasteiger charge is -2.26. The summed E-state index contributed by atoms with van der Waals surface area (Å²) in [6.07, 6.45) is 80.3. The van der Waals surface area contributed by atoms with E-state index < -0.39 is 24.3 Å². The Labute approximate surface area is 500 Å². The van der Waals surface area contributed by atoms with Crippen LogP contribution >= 0.6 is 0 Å². The molecule has 0 spiro atoms. The van der Waals surface area contributed by atoms with E-state index in [0.29, 0.717) is 17.4 Å². The number of nitrogens with zero attached hydrogens (tertiary/aromatic N) is 1. The van der Waals surface area contributed by atoms with E-state index in [1.807, 2.05) is 21.1 Å². The van der Waals surface area contributed by atoms with E-state index in [1.54, 1.807) is 0 Å². The second-order valence-electron chi connectivity index (χ2n) is 24.1. The van der Waals surface area contributed by atoms with Crippen LogP contribution in [0.4, 0.5) is 0 Å². The minimum atomic E-state index is -1.63. The molecule has 0 N–H and O–H groups in total. The molecule has 0 rings (SSSR count). The number of esters is 2. The smallest absolute Gasteiger partial charge is 0.306 e. The van der Waals surface area contributed by atoms with E-state index in [4.69, 9.17) is 18.9 Å². The number of hydrogen-bond acceptors (Lipinski definition) is 8. The lowest BCUT2D eigenvalue weighted by molar-refractivity contribution is -0.870. The number of carboxylic acids is 1. The highest BCUT2D eigenvalue weighted by Gasteiger charge is 2.22. The number of carboxylic acid groups (broad SMARTS) is 1. The third kappa shape index (κ3) is 64.1. The quantitative estimate of drug-likeness (QED) is 0.0195. The average Bonchev–Trinajstić information content (AvgIpc) is 3.44. The van der Waals surface area contributed by atoms with Crippen molar-refractivity contribution in [2.24, 2.45) is 0 Å². The molecule has 0 aromatic rings. The molecule has 2 unspecified atom stereocenters. The van der Waals surface area contributed by atoms with E-state index in [2.05, 4.69) is 86.8 Å². The van der Waals surface area contributed by atoms with Gasteiger partial charge in [-0.1, -0.05) is 286 Å². The van der Waals surface area contributed by atoms with Crippen molar-refractivity contribution in [1.82, 2.24) is 0 Å². The van der Waals surface area contributed by atoms with Crippen LogP contribution in [0.15, 0.2) is 72.9 Å². The van der Waals surface area contributed by atoms with Crippen LogP contribution < -0.4 is 5.11 Å². The highest BCUT2D eigenvalue weighted by atomic mass is 16.7. The van der Waals surface area contributed by atoms with Gasteiger partial charge in [-0.3, -0.25) is 9.59 Å². The number of carbonyl (C=O) groups excluding carboxylic acids is 3. The summed E-state index contributed by atoms with van der Waals surface area (Å²) in [7, 11) is 5.91. The molecule has 0 aliphatic rings. The van der Waals surface area contributed by atoms with Crippen LogP contribution in [0.25, 0.3) is 0 Å². The van der Waals surface area contributed by atoms with Crippen LogP contribution in [0.1, 0.15) is 309 Å². The molecule has 0 saturated heterocycles. The molecule has 0 heterocycles. The Kier molecular flexibility index (Phi) is 60.2. The number of rotatable bonds is 63. The molecule has 9 nitrogen and oxygen atoms in total. The van der Waals surface area contributed by atoms with Gasteiger partial charge in [0.15, 0.2) is 12.4 Å². The van der Waals surface area contributed by atoms with Crippen LogP contribution in [-0.2, 0) is 33.3 Å². The Balaban J connectivity index is 3.91. The fraction of sp³-hybridized carbons (Fsp3) is 0.792. The van der Waals surface area contributed by atoms with Crippen molar-refractivity contribution in [2.45, 2.75) is 322 Å². The summed E-state index contributed by atoms with van der Waals surface area (Å²) in [5.41, 5.74) is 0. The minimum Gasteiger partial charge on any atom is -0.545 e. The fourth-order valence-corrected chi connectivity index (χ4v) is 9.74. The normalized spacial score (nSPS) is 13.1. The van der Waals surface area contributed by atoms with Crippen LogP contribution in [0.2, 0.25) is 0 Å². The van der Waals surface area contributed by atoms with Crippen molar-refractivity contribution in [3.8, 4) is 0 Å². The molecule has 0 aliphatic carbocycles. The molecule has 81 heavy (non-hydrogen) atoms. The zero-order chi connectivity index (χ0) is 59.1. The molecule has 0 radical (unpaired) electrons. The van der Waals surface area contributed by atoms with Crippen LogP contribution in [0.5, 0.6) is 0 Å². The van der Waals surface area contributed by atoms with Gasteiger partial charge in [0.2, 0.25) is 0 Å². The first kappa shape index (κ1) is 77.7. The Morgan fingerprint density at radius 2 is 0.704 bits per heavy atom. The predicted octanol–water partition coefficient (Wildman–Crippen LogP) is 19.6. The third-order valence-corrected chi connectivity index (χ3v) is 14.9. The van der Waals surface area contributed by atoms with Crippen molar-refractivity contribution in [3.63, 3.8) is 0 Å². The van der Waals surface area contributed by atoms with Gasteiger partial charge in [0.1, 0.15) is 13.2 Å². The first-order chi connectivity index (χ1) is 39.6. The lowest BCUT2D eigenvalue weighted by Crippen LogP contribution is -2.44. The van der Waals surface area contributed by atoms with Gasteiger partial charge in [0.05, 0.1) is 40.3 Å². The molecule has 0 aromatic carbocycles. The number of unbranched alkanes of at least 4 members (excludes halogenated alkanes) is 36. The number of carbonyl (C=O) groups is 3. The first-order valence-electron chi connectivity index (χ1n) is 34.1. The Morgan fingerprint density at radius 3 is 1.07 bits per heavy atom. The monoisotopic (exact) mass is 1140 g/mol. The molecule has 0 bridgehead atoms. The Bertz CT molecular complexity index is 1560. The topological polar surface area (TPSA) is 111 Å². The molecule has 0 amide bonds. The van der Waals surface area contributed by atoms with Crippen molar-refractivity contribution in [3.05, 3.63) is 72.9 Å². The fourth-order valence-electron chi connectivity index (χ4n) is 9.74. The molecule has 0 saturated carbocycles. The van der Waals surface area contributed by atoms with Crippen molar-refractivity contribution in [1.29, 1.82) is 0 Å². The van der Waals surface area contributed by atoms with Gasteiger partial charge in [-0.15, -0.1) is 0 Å². The number of aliphatic carboxylic acids is 1.